The predicted molar refractivity (Wildman–Crippen MR) is 93.3 cm³/mol. The van der Waals surface area contributed by atoms with Crippen LogP contribution in [-0.4, -0.2) is 29.9 Å². The van der Waals surface area contributed by atoms with Crippen molar-refractivity contribution in [3.8, 4) is 0 Å². The van der Waals surface area contributed by atoms with E-state index >= 15 is 0 Å². The van der Waals surface area contributed by atoms with Gasteiger partial charge in [0.05, 0.1) is 20.9 Å². The molecule has 166 valence electrons. The summed E-state index contributed by atoms with van der Waals surface area (Å²) in [6.45, 7) is -0.910. The van der Waals surface area contributed by atoms with Gasteiger partial charge in [0.25, 0.3) is 0 Å². The number of hydrogen-bond acceptors (Lipinski definition) is 4. The zero-order valence-electron chi connectivity index (χ0n) is 14.8. The molecule has 0 amide bonds. The Labute approximate surface area is 168 Å². The van der Waals surface area contributed by atoms with Crippen molar-refractivity contribution in [2.24, 2.45) is 0 Å². The van der Waals surface area contributed by atoms with Gasteiger partial charge in [-0.2, -0.15) is 26.3 Å². The standard InChI is InChI=1S/C16H14F6N2O4S2/c17-15(18,19)11-1-5-13(6-2-11)29(25,26)23-9-10-24-30(27,28)14-7-3-12(4-8-14)16(20,21)22/h1-8,23-24H,9-10H2. The fraction of sp³-hybridized carbons (Fsp3) is 0.250. The summed E-state index contributed by atoms with van der Waals surface area (Å²) >= 11 is 0. The Bertz CT molecular complexity index is 989. The van der Waals surface area contributed by atoms with Gasteiger partial charge in [0.15, 0.2) is 0 Å². The summed E-state index contributed by atoms with van der Waals surface area (Å²) in [7, 11) is -8.41. The quantitative estimate of drug-likeness (QED) is 0.475. The summed E-state index contributed by atoms with van der Waals surface area (Å²) in [5, 5.41) is 0. The van der Waals surface area contributed by atoms with E-state index in [2.05, 4.69) is 0 Å². The Balaban J connectivity index is 1.96. The maximum Gasteiger partial charge on any atom is 0.416 e. The van der Waals surface area contributed by atoms with Gasteiger partial charge >= 0.3 is 12.4 Å². The average Bonchev–Trinajstić information content (AvgIpc) is 2.64. The third-order valence-electron chi connectivity index (χ3n) is 3.69. The van der Waals surface area contributed by atoms with E-state index in [1.807, 2.05) is 9.44 Å². The maximum absolute atomic E-state index is 12.5. The van der Waals surface area contributed by atoms with Crippen LogP contribution in [0.2, 0.25) is 0 Å². The van der Waals surface area contributed by atoms with Crippen LogP contribution in [0.15, 0.2) is 58.3 Å². The molecule has 0 saturated carbocycles. The van der Waals surface area contributed by atoms with Crippen LogP contribution in [0.5, 0.6) is 0 Å². The van der Waals surface area contributed by atoms with Crippen LogP contribution < -0.4 is 9.44 Å². The van der Waals surface area contributed by atoms with E-state index in [0.29, 0.717) is 24.3 Å². The van der Waals surface area contributed by atoms with Crippen molar-refractivity contribution in [2.45, 2.75) is 22.1 Å². The number of nitrogens with one attached hydrogen (secondary N) is 2. The fourth-order valence-electron chi connectivity index (χ4n) is 2.18. The van der Waals surface area contributed by atoms with Crippen LogP contribution in [0.3, 0.4) is 0 Å². The lowest BCUT2D eigenvalue weighted by molar-refractivity contribution is -0.138. The molecule has 0 fully saturated rings. The van der Waals surface area contributed by atoms with Gasteiger partial charge in [-0.25, -0.2) is 26.3 Å². The van der Waals surface area contributed by atoms with Gasteiger partial charge < -0.3 is 0 Å². The van der Waals surface area contributed by atoms with Crippen molar-refractivity contribution in [3.05, 3.63) is 59.7 Å². The van der Waals surface area contributed by atoms with Gasteiger partial charge in [-0.3, -0.25) is 0 Å². The SMILES string of the molecule is O=S(=O)(NCCNS(=O)(=O)c1ccc(C(F)(F)F)cc1)c1ccc(C(F)(F)F)cc1. The first-order chi connectivity index (χ1) is 13.6. The van der Waals surface area contributed by atoms with E-state index in [0.717, 1.165) is 24.3 Å². The Morgan fingerprint density at radius 3 is 1.07 bits per heavy atom. The van der Waals surface area contributed by atoms with Gasteiger partial charge in [0.2, 0.25) is 20.0 Å². The first kappa shape index (κ1) is 24.1. The van der Waals surface area contributed by atoms with Crippen molar-refractivity contribution in [1.29, 1.82) is 0 Å². The Morgan fingerprint density at radius 2 is 0.833 bits per heavy atom. The largest absolute Gasteiger partial charge is 0.416 e. The molecule has 6 nitrogen and oxygen atoms in total. The third-order valence-corrected chi connectivity index (χ3v) is 6.65. The second-order valence-corrected chi connectivity index (χ2v) is 9.37. The lowest BCUT2D eigenvalue weighted by Crippen LogP contribution is -2.34. The Kier molecular flexibility index (Phi) is 6.85. The normalized spacial score (nSPS) is 13.4. The van der Waals surface area contributed by atoms with Crippen molar-refractivity contribution in [2.75, 3.05) is 13.1 Å². The molecular formula is C16H14F6N2O4S2. The van der Waals surface area contributed by atoms with Gasteiger partial charge in [-0.15, -0.1) is 0 Å². The molecular weight excluding hydrogens is 462 g/mol. The highest BCUT2D eigenvalue weighted by Crippen LogP contribution is 2.30. The molecule has 0 heterocycles. The highest BCUT2D eigenvalue weighted by atomic mass is 32.2. The van der Waals surface area contributed by atoms with Crippen LogP contribution in [0.4, 0.5) is 26.3 Å². The van der Waals surface area contributed by atoms with E-state index in [4.69, 9.17) is 0 Å². The van der Waals surface area contributed by atoms with E-state index in [1.165, 1.54) is 0 Å². The predicted octanol–water partition coefficient (Wildman–Crippen LogP) is 2.98. The minimum atomic E-state index is -4.63. The van der Waals surface area contributed by atoms with E-state index in [-0.39, 0.29) is 0 Å². The lowest BCUT2D eigenvalue weighted by atomic mass is 10.2. The number of alkyl halides is 6. The molecule has 0 saturated heterocycles. The summed E-state index contributed by atoms with van der Waals surface area (Å²) in [6, 6.07) is 5.33. The lowest BCUT2D eigenvalue weighted by Gasteiger charge is -2.11. The van der Waals surface area contributed by atoms with E-state index < -0.39 is 66.4 Å². The summed E-state index contributed by atoms with van der Waals surface area (Å²) < 4.78 is 127. The second-order valence-electron chi connectivity index (χ2n) is 5.84. The molecule has 14 heteroatoms. The van der Waals surface area contributed by atoms with Crippen LogP contribution >= 0.6 is 0 Å². The summed E-state index contributed by atoms with van der Waals surface area (Å²) in [5.74, 6) is 0. The minimum Gasteiger partial charge on any atom is -0.210 e. The zero-order chi connectivity index (χ0) is 22.8. The summed E-state index contributed by atoms with van der Waals surface area (Å²) in [5.41, 5.74) is -2.07. The Morgan fingerprint density at radius 1 is 0.567 bits per heavy atom. The Hall–Kier alpha value is -2.16. The molecule has 2 aromatic rings. The fourth-order valence-corrected chi connectivity index (χ4v) is 4.25. The smallest absolute Gasteiger partial charge is 0.210 e. The van der Waals surface area contributed by atoms with Gasteiger partial charge in [0, 0.05) is 13.1 Å². The first-order valence-electron chi connectivity index (χ1n) is 7.97. The second kappa shape index (κ2) is 8.53. The van der Waals surface area contributed by atoms with Crippen LogP contribution in [-0.2, 0) is 32.4 Å². The van der Waals surface area contributed by atoms with Crippen molar-refractivity contribution in [3.63, 3.8) is 0 Å². The van der Waals surface area contributed by atoms with Crippen molar-refractivity contribution < 1.29 is 43.2 Å². The molecule has 0 atom stereocenters. The number of hydrogen-bond donors (Lipinski definition) is 2. The highest BCUT2D eigenvalue weighted by Gasteiger charge is 2.31. The number of halogens is 6. The monoisotopic (exact) mass is 476 g/mol. The number of sulfonamides is 2. The molecule has 0 aromatic heterocycles. The molecule has 0 bridgehead atoms. The van der Waals surface area contributed by atoms with Gasteiger partial charge in [-0.05, 0) is 48.5 Å². The number of benzene rings is 2. The molecule has 0 spiro atoms. The van der Waals surface area contributed by atoms with Crippen molar-refractivity contribution >= 4 is 20.0 Å². The molecule has 2 rings (SSSR count). The van der Waals surface area contributed by atoms with Crippen LogP contribution in [0.1, 0.15) is 11.1 Å². The number of rotatable bonds is 7. The molecule has 0 aliphatic carbocycles. The molecule has 0 unspecified atom stereocenters. The molecule has 0 aliphatic heterocycles. The summed E-state index contributed by atoms with van der Waals surface area (Å²) in [4.78, 5) is -0.915. The third kappa shape index (κ3) is 6.17. The van der Waals surface area contributed by atoms with Gasteiger partial charge in [0.1, 0.15) is 0 Å². The summed E-state index contributed by atoms with van der Waals surface area (Å²) in [6.07, 6.45) is -9.27. The van der Waals surface area contributed by atoms with Crippen LogP contribution in [0, 0.1) is 0 Å². The first-order valence-corrected chi connectivity index (χ1v) is 10.9. The van der Waals surface area contributed by atoms with Crippen molar-refractivity contribution in [1.82, 2.24) is 9.44 Å². The van der Waals surface area contributed by atoms with Gasteiger partial charge in [-0.1, -0.05) is 0 Å². The topological polar surface area (TPSA) is 92.3 Å². The molecule has 30 heavy (non-hydrogen) atoms. The van der Waals surface area contributed by atoms with Crippen LogP contribution in [0.25, 0.3) is 0 Å². The van der Waals surface area contributed by atoms with E-state index in [1.54, 1.807) is 0 Å². The molecule has 2 N–H and O–H groups in total. The average molecular weight is 476 g/mol. The highest BCUT2D eigenvalue weighted by molar-refractivity contribution is 7.89. The maximum atomic E-state index is 12.5. The minimum absolute atomic E-state index is 0.455. The molecule has 0 aliphatic rings. The molecule has 0 radical (unpaired) electrons. The zero-order valence-corrected chi connectivity index (χ0v) is 16.4. The van der Waals surface area contributed by atoms with E-state index in [9.17, 15) is 43.2 Å². The molecule has 2 aromatic carbocycles.